The molecule has 4 N–H and O–H groups in total. The van der Waals surface area contributed by atoms with Gasteiger partial charge < -0.3 is 20.9 Å². The Morgan fingerprint density at radius 3 is 2.62 bits per heavy atom. The molecule has 0 aliphatic heterocycles. The molecule has 2 aromatic rings. The van der Waals surface area contributed by atoms with E-state index >= 15 is 0 Å². The first kappa shape index (κ1) is 14.6. The first-order valence-electron chi connectivity index (χ1n) is 6.16. The van der Waals surface area contributed by atoms with Gasteiger partial charge in [-0.3, -0.25) is 0 Å². The number of aryl methyl sites for hydroxylation is 1. The number of carboxylic acid groups (broad SMARTS) is 1. The van der Waals surface area contributed by atoms with Gasteiger partial charge in [0.25, 0.3) is 0 Å². The lowest BCUT2D eigenvalue weighted by Crippen LogP contribution is -2.05. The molecule has 5 nitrogen and oxygen atoms in total. The molecule has 0 aliphatic carbocycles. The fourth-order valence-corrected chi connectivity index (χ4v) is 1.98. The monoisotopic (exact) mass is 290 g/mol. The average molecular weight is 290 g/mol. The SMILES string of the molecule is COc1ccc(Nc2cc(C(=O)O)c(N)cc2F)cc1C. The van der Waals surface area contributed by atoms with Gasteiger partial charge in [0.05, 0.1) is 18.4 Å². The molecule has 0 aromatic heterocycles. The third-order valence-corrected chi connectivity index (χ3v) is 3.04. The summed E-state index contributed by atoms with van der Waals surface area (Å²) in [7, 11) is 1.56. The van der Waals surface area contributed by atoms with Gasteiger partial charge in [-0.15, -0.1) is 0 Å². The number of nitrogens with two attached hydrogens (primary N) is 1. The lowest BCUT2D eigenvalue weighted by molar-refractivity contribution is 0.0698. The maximum atomic E-state index is 13.9. The Morgan fingerprint density at radius 2 is 2.05 bits per heavy atom. The maximum Gasteiger partial charge on any atom is 0.337 e. The Bertz CT molecular complexity index is 702. The Labute approximate surface area is 121 Å². The van der Waals surface area contributed by atoms with Crippen molar-refractivity contribution in [3.63, 3.8) is 0 Å². The van der Waals surface area contributed by atoms with E-state index in [9.17, 15) is 9.18 Å². The highest BCUT2D eigenvalue weighted by molar-refractivity contribution is 5.95. The average Bonchev–Trinajstić information content (AvgIpc) is 2.41. The number of anilines is 3. The van der Waals surface area contributed by atoms with Crippen molar-refractivity contribution in [3.05, 3.63) is 47.3 Å². The molecule has 6 heteroatoms. The first-order valence-corrected chi connectivity index (χ1v) is 6.16. The van der Waals surface area contributed by atoms with E-state index in [1.54, 1.807) is 25.3 Å². The van der Waals surface area contributed by atoms with Crippen molar-refractivity contribution in [2.75, 3.05) is 18.2 Å². The number of carbonyl (C=O) groups is 1. The van der Waals surface area contributed by atoms with Gasteiger partial charge in [0, 0.05) is 11.4 Å². The fourth-order valence-electron chi connectivity index (χ4n) is 1.98. The fraction of sp³-hybridized carbons (Fsp3) is 0.133. The van der Waals surface area contributed by atoms with Crippen molar-refractivity contribution >= 4 is 23.0 Å². The quantitative estimate of drug-likeness (QED) is 0.753. The van der Waals surface area contributed by atoms with Gasteiger partial charge >= 0.3 is 5.97 Å². The van der Waals surface area contributed by atoms with E-state index < -0.39 is 11.8 Å². The molecule has 0 fully saturated rings. The van der Waals surface area contributed by atoms with E-state index in [0.717, 1.165) is 11.6 Å². The van der Waals surface area contributed by atoms with Gasteiger partial charge in [-0.2, -0.15) is 0 Å². The molecule has 0 spiro atoms. The van der Waals surface area contributed by atoms with Crippen LogP contribution in [0.5, 0.6) is 5.75 Å². The first-order chi connectivity index (χ1) is 9.92. The maximum absolute atomic E-state index is 13.9. The zero-order valence-electron chi connectivity index (χ0n) is 11.6. The Kier molecular flexibility index (Phi) is 3.98. The Balaban J connectivity index is 2.37. The van der Waals surface area contributed by atoms with Crippen LogP contribution in [0.25, 0.3) is 0 Å². The van der Waals surface area contributed by atoms with Crippen LogP contribution >= 0.6 is 0 Å². The Hall–Kier alpha value is -2.76. The highest BCUT2D eigenvalue weighted by Gasteiger charge is 2.13. The number of rotatable bonds is 4. The van der Waals surface area contributed by atoms with E-state index in [1.807, 2.05) is 6.92 Å². The van der Waals surface area contributed by atoms with E-state index in [2.05, 4.69) is 5.32 Å². The number of ether oxygens (including phenoxy) is 1. The number of benzene rings is 2. The Morgan fingerprint density at radius 1 is 1.33 bits per heavy atom. The van der Waals surface area contributed by atoms with Crippen LogP contribution in [0.4, 0.5) is 21.5 Å². The number of carboxylic acids is 1. The predicted octanol–water partition coefficient (Wildman–Crippen LogP) is 3.17. The third-order valence-electron chi connectivity index (χ3n) is 3.04. The normalized spacial score (nSPS) is 10.2. The van der Waals surface area contributed by atoms with Crippen LogP contribution in [0.1, 0.15) is 15.9 Å². The van der Waals surface area contributed by atoms with Crippen molar-refractivity contribution < 1.29 is 19.0 Å². The van der Waals surface area contributed by atoms with Crippen LogP contribution in [0, 0.1) is 12.7 Å². The number of aromatic carboxylic acids is 1. The molecule has 0 aliphatic rings. The molecule has 0 saturated heterocycles. The van der Waals surface area contributed by atoms with E-state index in [1.165, 1.54) is 6.07 Å². The van der Waals surface area contributed by atoms with Crippen LogP contribution in [-0.4, -0.2) is 18.2 Å². The van der Waals surface area contributed by atoms with Gasteiger partial charge in [-0.05, 0) is 42.8 Å². The van der Waals surface area contributed by atoms with Gasteiger partial charge in [0.2, 0.25) is 0 Å². The summed E-state index contributed by atoms with van der Waals surface area (Å²) in [6, 6.07) is 7.39. The zero-order chi connectivity index (χ0) is 15.6. The second-order valence-electron chi connectivity index (χ2n) is 4.53. The molecule has 0 atom stereocenters. The summed E-state index contributed by atoms with van der Waals surface area (Å²) in [6.45, 7) is 1.85. The number of nitrogens with one attached hydrogen (secondary N) is 1. The molecule has 0 radical (unpaired) electrons. The molecule has 2 aromatic carbocycles. The van der Waals surface area contributed by atoms with Crippen molar-refractivity contribution in [1.82, 2.24) is 0 Å². The lowest BCUT2D eigenvalue weighted by Gasteiger charge is -2.12. The summed E-state index contributed by atoms with van der Waals surface area (Å²) in [6.07, 6.45) is 0. The van der Waals surface area contributed by atoms with Crippen LogP contribution in [0.15, 0.2) is 30.3 Å². The minimum absolute atomic E-state index is 0.0474. The van der Waals surface area contributed by atoms with E-state index in [4.69, 9.17) is 15.6 Å². The molecule has 0 bridgehead atoms. The molecule has 2 rings (SSSR count). The van der Waals surface area contributed by atoms with Crippen LogP contribution in [0.2, 0.25) is 0 Å². The molecule has 21 heavy (non-hydrogen) atoms. The van der Waals surface area contributed by atoms with Gasteiger partial charge in [-0.25, -0.2) is 9.18 Å². The highest BCUT2D eigenvalue weighted by atomic mass is 19.1. The molecular weight excluding hydrogens is 275 g/mol. The number of nitrogen functional groups attached to an aromatic ring is 1. The number of hydrogen-bond donors (Lipinski definition) is 3. The molecule has 0 unspecified atom stereocenters. The summed E-state index contributed by atoms with van der Waals surface area (Å²) in [5.74, 6) is -1.11. The smallest absolute Gasteiger partial charge is 0.337 e. The van der Waals surface area contributed by atoms with Crippen molar-refractivity contribution in [2.45, 2.75) is 6.92 Å². The van der Waals surface area contributed by atoms with Crippen molar-refractivity contribution in [3.8, 4) is 5.75 Å². The number of hydrogen-bond acceptors (Lipinski definition) is 4. The molecule has 110 valence electrons. The summed E-state index contributed by atoms with van der Waals surface area (Å²) >= 11 is 0. The second-order valence-corrected chi connectivity index (χ2v) is 4.53. The molecule has 0 amide bonds. The zero-order valence-corrected chi connectivity index (χ0v) is 11.6. The summed E-state index contributed by atoms with van der Waals surface area (Å²) in [4.78, 5) is 11.0. The van der Waals surface area contributed by atoms with Gasteiger partial charge in [-0.1, -0.05) is 0 Å². The van der Waals surface area contributed by atoms with E-state index in [0.29, 0.717) is 11.4 Å². The summed E-state index contributed by atoms with van der Waals surface area (Å²) in [5.41, 5.74) is 6.76. The van der Waals surface area contributed by atoms with Gasteiger partial charge in [0.15, 0.2) is 0 Å². The van der Waals surface area contributed by atoms with E-state index in [-0.39, 0.29) is 16.9 Å². The predicted molar refractivity (Wildman–Crippen MR) is 78.8 cm³/mol. The summed E-state index contributed by atoms with van der Waals surface area (Å²) in [5, 5.41) is 11.9. The minimum Gasteiger partial charge on any atom is -0.496 e. The molecule has 0 saturated carbocycles. The molecule has 0 heterocycles. The van der Waals surface area contributed by atoms with Gasteiger partial charge in [0.1, 0.15) is 11.6 Å². The molecular formula is C15H15FN2O3. The van der Waals surface area contributed by atoms with Crippen molar-refractivity contribution in [2.24, 2.45) is 0 Å². The second kappa shape index (κ2) is 5.70. The van der Waals surface area contributed by atoms with Crippen LogP contribution < -0.4 is 15.8 Å². The van der Waals surface area contributed by atoms with Crippen LogP contribution in [0.3, 0.4) is 0 Å². The minimum atomic E-state index is -1.21. The number of halogens is 1. The highest BCUT2D eigenvalue weighted by Crippen LogP contribution is 2.28. The summed E-state index contributed by atoms with van der Waals surface area (Å²) < 4.78 is 19.0. The number of methoxy groups -OCH3 is 1. The lowest BCUT2D eigenvalue weighted by atomic mass is 10.1. The standard InChI is InChI=1S/C15H15FN2O3/c1-8-5-9(3-4-14(8)21-2)18-13-6-10(15(19)20)12(17)7-11(13)16/h3-7,18H,17H2,1-2H3,(H,19,20). The topological polar surface area (TPSA) is 84.6 Å². The van der Waals surface area contributed by atoms with Crippen LogP contribution in [-0.2, 0) is 0 Å². The van der Waals surface area contributed by atoms with Crippen molar-refractivity contribution in [1.29, 1.82) is 0 Å². The third kappa shape index (κ3) is 3.05. The largest absolute Gasteiger partial charge is 0.496 e.